The molecule has 0 unspecified atom stereocenters. The Bertz CT molecular complexity index is 566. The molecule has 1 aromatic heterocycles. The highest BCUT2D eigenvalue weighted by Crippen LogP contribution is 2.43. The lowest BCUT2D eigenvalue weighted by Crippen LogP contribution is -1.91. The molecule has 0 fully saturated rings. The average Bonchev–Trinajstić information content (AvgIpc) is 2.70. The Hall–Kier alpha value is -1.69. The summed E-state index contributed by atoms with van der Waals surface area (Å²) in [5, 5.41) is 13.9. The number of phenolic OH excluding ortho intramolecular Hbond substituents is 1. The number of phenols is 1. The van der Waals surface area contributed by atoms with Gasteiger partial charge >= 0.3 is 0 Å². The molecule has 1 aromatic carbocycles. The van der Waals surface area contributed by atoms with Gasteiger partial charge in [0.25, 0.3) is 0 Å². The van der Waals surface area contributed by atoms with Crippen molar-refractivity contribution in [1.29, 1.82) is 0 Å². The van der Waals surface area contributed by atoms with E-state index in [1.807, 2.05) is 6.92 Å². The fourth-order valence-electron chi connectivity index (χ4n) is 1.55. The Morgan fingerprint density at radius 3 is 2.71 bits per heavy atom. The second kappa shape index (κ2) is 4.29. The van der Waals surface area contributed by atoms with E-state index in [2.05, 4.69) is 21.1 Å². The lowest BCUT2D eigenvalue weighted by atomic mass is 10.1. The van der Waals surface area contributed by atoms with Crippen molar-refractivity contribution in [3.05, 3.63) is 22.2 Å². The summed E-state index contributed by atoms with van der Waals surface area (Å²) >= 11 is 3.40. The summed E-state index contributed by atoms with van der Waals surface area (Å²) in [6, 6.07) is 3.27. The monoisotopic (exact) mass is 298 g/mol. The van der Waals surface area contributed by atoms with Gasteiger partial charge in [-0.2, -0.15) is 0 Å². The maximum absolute atomic E-state index is 10.1. The molecule has 1 heterocycles. The number of methoxy groups -OCH3 is 1. The Kier molecular flexibility index (Phi) is 2.97. The van der Waals surface area contributed by atoms with Crippen molar-refractivity contribution in [2.45, 2.75) is 6.92 Å². The van der Waals surface area contributed by atoms with Crippen LogP contribution in [0, 0.1) is 6.92 Å². The van der Waals surface area contributed by atoms with Crippen LogP contribution < -0.4 is 10.5 Å². The summed E-state index contributed by atoms with van der Waals surface area (Å²) in [5.41, 5.74) is 7.34. The zero-order valence-corrected chi connectivity index (χ0v) is 10.9. The first-order valence-electron chi connectivity index (χ1n) is 4.83. The van der Waals surface area contributed by atoms with Crippen molar-refractivity contribution >= 4 is 21.8 Å². The van der Waals surface area contributed by atoms with E-state index in [1.165, 1.54) is 7.11 Å². The third-order valence-corrected chi connectivity index (χ3v) is 3.41. The van der Waals surface area contributed by atoms with E-state index < -0.39 is 0 Å². The van der Waals surface area contributed by atoms with Crippen molar-refractivity contribution in [3.63, 3.8) is 0 Å². The maximum Gasteiger partial charge on any atom is 0.222 e. The lowest BCUT2D eigenvalue weighted by Gasteiger charge is -2.11. The predicted octanol–water partition coefficient (Wildman–Crippen LogP) is 2.71. The molecule has 0 spiro atoms. The van der Waals surface area contributed by atoms with Gasteiger partial charge in [-0.25, -0.2) is 0 Å². The normalized spacial score (nSPS) is 10.5. The lowest BCUT2D eigenvalue weighted by molar-refractivity contribution is 0.373. The summed E-state index contributed by atoms with van der Waals surface area (Å²) in [7, 11) is 1.49. The highest BCUT2D eigenvalue weighted by Gasteiger charge is 2.19. The highest BCUT2D eigenvalue weighted by molar-refractivity contribution is 9.10. The van der Waals surface area contributed by atoms with Crippen molar-refractivity contribution in [2.24, 2.45) is 0 Å². The number of aromatic hydroxyl groups is 1. The van der Waals surface area contributed by atoms with E-state index in [1.54, 1.807) is 12.1 Å². The van der Waals surface area contributed by atoms with Gasteiger partial charge in [0, 0.05) is 10.5 Å². The standard InChI is InChI=1S/C11H11BrN2O3/c1-5-3-7(16-2)11(15)9(10(5)12)6-4-8(13)17-14-6/h3-4,15H,13H2,1-2H3. The third kappa shape index (κ3) is 1.95. The van der Waals surface area contributed by atoms with Gasteiger partial charge in [0.15, 0.2) is 11.5 Å². The number of anilines is 1. The minimum atomic E-state index is -0.00160. The van der Waals surface area contributed by atoms with Gasteiger partial charge in [0.05, 0.1) is 12.7 Å². The Balaban J connectivity index is 2.71. The number of aromatic nitrogens is 1. The number of aryl methyl sites for hydroxylation is 1. The summed E-state index contributed by atoms with van der Waals surface area (Å²) in [4.78, 5) is 0. The molecule has 0 radical (unpaired) electrons. The molecule has 0 atom stereocenters. The summed E-state index contributed by atoms with van der Waals surface area (Å²) in [6.07, 6.45) is 0. The quantitative estimate of drug-likeness (QED) is 0.891. The van der Waals surface area contributed by atoms with Gasteiger partial charge in [0.2, 0.25) is 5.88 Å². The van der Waals surface area contributed by atoms with Crippen LogP contribution in [0.25, 0.3) is 11.3 Å². The first-order chi connectivity index (χ1) is 8.04. The van der Waals surface area contributed by atoms with E-state index in [4.69, 9.17) is 15.0 Å². The SMILES string of the molecule is COc1cc(C)c(Br)c(-c2cc(N)on2)c1O. The van der Waals surface area contributed by atoms with E-state index in [9.17, 15) is 5.11 Å². The average molecular weight is 299 g/mol. The smallest absolute Gasteiger partial charge is 0.222 e. The van der Waals surface area contributed by atoms with Crippen LogP contribution in [0.1, 0.15) is 5.56 Å². The minimum absolute atomic E-state index is 0.00160. The van der Waals surface area contributed by atoms with Gasteiger partial charge in [0.1, 0.15) is 5.69 Å². The number of nitrogens with zero attached hydrogens (tertiary/aromatic N) is 1. The minimum Gasteiger partial charge on any atom is -0.504 e. The number of nitrogens with two attached hydrogens (primary N) is 1. The van der Waals surface area contributed by atoms with Crippen LogP contribution in [0.15, 0.2) is 21.1 Å². The van der Waals surface area contributed by atoms with E-state index in [0.29, 0.717) is 17.0 Å². The molecule has 5 nitrogen and oxygen atoms in total. The first kappa shape index (κ1) is 11.8. The molecule has 90 valence electrons. The van der Waals surface area contributed by atoms with Gasteiger partial charge in [-0.05, 0) is 34.5 Å². The number of halogens is 1. The molecular weight excluding hydrogens is 288 g/mol. The molecule has 0 aliphatic carbocycles. The van der Waals surface area contributed by atoms with E-state index >= 15 is 0 Å². The maximum atomic E-state index is 10.1. The van der Waals surface area contributed by atoms with Crippen molar-refractivity contribution in [3.8, 4) is 22.8 Å². The molecule has 0 bridgehead atoms. The number of nitrogen functional groups attached to an aromatic ring is 1. The molecule has 0 amide bonds. The van der Waals surface area contributed by atoms with Gasteiger partial charge in [-0.1, -0.05) is 5.16 Å². The molecule has 17 heavy (non-hydrogen) atoms. The van der Waals surface area contributed by atoms with Crippen LogP contribution in [0.5, 0.6) is 11.5 Å². The largest absolute Gasteiger partial charge is 0.504 e. The van der Waals surface area contributed by atoms with Crippen LogP contribution in [0.4, 0.5) is 5.88 Å². The molecule has 0 saturated heterocycles. The van der Waals surface area contributed by atoms with Gasteiger partial charge in [-0.15, -0.1) is 0 Å². The number of ether oxygens (including phenoxy) is 1. The number of hydrogen-bond donors (Lipinski definition) is 2. The molecule has 3 N–H and O–H groups in total. The van der Waals surface area contributed by atoms with Crippen molar-refractivity contribution < 1.29 is 14.4 Å². The van der Waals surface area contributed by atoms with E-state index in [0.717, 1.165) is 10.0 Å². The zero-order chi connectivity index (χ0) is 12.6. The second-order valence-corrected chi connectivity index (χ2v) is 4.34. The van der Waals surface area contributed by atoms with Crippen molar-refractivity contribution in [2.75, 3.05) is 12.8 Å². The zero-order valence-electron chi connectivity index (χ0n) is 9.32. The van der Waals surface area contributed by atoms with Crippen LogP contribution in [-0.2, 0) is 0 Å². The number of rotatable bonds is 2. The Labute approximate surface area is 106 Å². The molecule has 0 aliphatic rings. The second-order valence-electron chi connectivity index (χ2n) is 3.55. The van der Waals surface area contributed by atoms with Crippen LogP contribution in [0.3, 0.4) is 0 Å². The molecule has 0 saturated carbocycles. The van der Waals surface area contributed by atoms with Gasteiger partial charge < -0.3 is 20.1 Å². The first-order valence-corrected chi connectivity index (χ1v) is 5.62. The molecule has 0 aliphatic heterocycles. The van der Waals surface area contributed by atoms with Crippen LogP contribution >= 0.6 is 15.9 Å². The number of benzene rings is 1. The van der Waals surface area contributed by atoms with Crippen molar-refractivity contribution in [1.82, 2.24) is 5.16 Å². The Morgan fingerprint density at radius 2 is 2.18 bits per heavy atom. The molecule has 2 rings (SSSR count). The Morgan fingerprint density at radius 1 is 1.47 bits per heavy atom. The summed E-state index contributed by atoms with van der Waals surface area (Å²) in [5.74, 6) is 0.562. The van der Waals surface area contributed by atoms with Crippen LogP contribution in [0.2, 0.25) is 0 Å². The van der Waals surface area contributed by atoms with Crippen LogP contribution in [-0.4, -0.2) is 17.4 Å². The summed E-state index contributed by atoms with van der Waals surface area (Å²) in [6.45, 7) is 1.89. The molecule has 2 aromatic rings. The topological polar surface area (TPSA) is 81.5 Å². The fraction of sp³-hybridized carbons (Fsp3) is 0.182. The highest BCUT2D eigenvalue weighted by atomic mass is 79.9. The van der Waals surface area contributed by atoms with Gasteiger partial charge in [-0.3, -0.25) is 0 Å². The predicted molar refractivity (Wildman–Crippen MR) is 67.0 cm³/mol. The molecule has 6 heteroatoms. The van der Waals surface area contributed by atoms with E-state index in [-0.39, 0.29) is 11.6 Å². The number of hydrogen-bond acceptors (Lipinski definition) is 5. The molecular formula is C11H11BrN2O3. The third-order valence-electron chi connectivity index (χ3n) is 2.39. The fourth-order valence-corrected chi connectivity index (χ4v) is 2.05. The summed E-state index contributed by atoms with van der Waals surface area (Å²) < 4.78 is 10.6.